The first-order chi connectivity index (χ1) is 17.0. The van der Waals surface area contributed by atoms with Crippen LogP contribution in [0.5, 0.6) is 17.2 Å². The Morgan fingerprint density at radius 1 is 0.943 bits per heavy atom. The third-order valence-electron chi connectivity index (χ3n) is 6.68. The van der Waals surface area contributed by atoms with Crippen LogP contribution >= 0.6 is 0 Å². The van der Waals surface area contributed by atoms with Gasteiger partial charge >= 0.3 is 0 Å². The summed E-state index contributed by atoms with van der Waals surface area (Å²) in [6.07, 6.45) is 1.51. The minimum absolute atomic E-state index is 0.0659. The zero-order chi connectivity index (χ0) is 24.9. The van der Waals surface area contributed by atoms with Crippen LogP contribution < -0.4 is 19.5 Å². The summed E-state index contributed by atoms with van der Waals surface area (Å²) in [6, 6.07) is 16.6. The van der Waals surface area contributed by atoms with Crippen LogP contribution in [0.3, 0.4) is 0 Å². The van der Waals surface area contributed by atoms with Gasteiger partial charge in [-0.1, -0.05) is 24.3 Å². The molecule has 4 rings (SSSR count). The molecule has 1 aliphatic heterocycles. The van der Waals surface area contributed by atoms with Gasteiger partial charge in [-0.15, -0.1) is 0 Å². The Kier molecular flexibility index (Phi) is 7.44. The maximum Gasteiger partial charge on any atom is 0.254 e. The lowest BCUT2D eigenvalue weighted by atomic mass is 9.94. The Bertz CT molecular complexity index is 1230. The van der Waals surface area contributed by atoms with E-state index >= 15 is 0 Å². The van der Waals surface area contributed by atoms with Gasteiger partial charge in [-0.25, -0.2) is 0 Å². The Labute approximate surface area is 206 Å². The van der Waals surface area contributed by atoms with Gasteiger partial charge in [0.05, 0.1) is 33.3 Å². The second-order valence-electron chi connectivity index (χ2n) is 8.79. The first-order valence-corrected chi connectivity index (χ1v) is 11.8. The van der Waals surface area contributed by atoms with Crippen molar-refractivity contribution in [2.45, 2.75) is 25.8 Å². The van der Waals surface area contributed by atoms with Crippen molar-refractivity contribution in [3.8, 4) is 17.2 Å². The number of fused-ring (bicyclic) bond motifs is 1. The molecule has 0 spiro atoms. The first-order valence-electron chi connectivity index (χ1n) is 11.8. The fourth-order valence-corrected chi connectivity index (χ4v) is 4.77. The van der Waals surface area contributed by atoms with Crippen LogP contribution in [-0.2, 0) is 4.79 Å². The number of amides is 2. The molecular weight excluding hydrogens is 444 g/mol. The average Bonchev–Trinajstić information content (AvgIpc) is 2.91. The van der Waals surface area contributed by atoms with E-state index in [0.717, 1.165) is 34.9 Å². The molecule has 2 atom stereocenters. The normalized spacial score (nSPS) is 16.5. The van der Waals surface area contributed by atoms with Crippen LogP contribution in [-0.4, -0.2) is 51.1 Å². The third kappa shape index (κ3) is 5.04. The number of nitrogens with one attached hydrogen (secondary N) is 1. The van der Waals surface area contributed by atoms with Gasteiger partial charge in [-0.2, -0.15) is 0 Å². The van der Waals surface area contributed by atoms with E-state index in [1.165, 1.54) is 0 Å². The number of rotatable bonds is 7. The number of carbonyl (C=O) groups excluding carboxylic acids is 2. The standard InChI is InChI=1S/C28H32N2O5/c1-18(24-16-20(33-2)11-13-26(24)35-4)29-27(31)19-8-7-15-30(17-19)28(32)23-12-14-25(34-3)22-10-6-5-9-21(22)23/h5-6,9-14,16,18-19H,7-8,15,17H2,1-4H3,(H,29,31). The molecule has 2 unspecified atom stereocenters. The lowest BCUT2D eigenvalue weighted by molar-refractivity contribution is -0.127. The lowest BCUT2D eigenvalue weighted by Gasteiger charge is -2.33. The molecule has 184 valence electrons. The summed E-state index contributed by atoms with van der Waals surface area (Å²) >= 11 is 0. The fraction of sp³-hybridized carbons (Fsp3) is 0.357. The summed E-state index contributed by atoms with van der Waals surface area (Å²) in [5.41, 5.74) is 1.46. The van der Waals surface area contributed by atoms with Gasteiger partial charge in [0.25, 0.3) is 5.91 Å². The Balaban J connectivity index is 1.49. The number of piperidine rings is 1. The highest BCUT2D eigenvalue weighted by Crippen LogP contribution is 2.31. The number of carbonyl (C=O) groups is 2. The van der Waals surface area contributed by atoms with E-state index in [9.17, 15) is 9.59 Å². The molecule has 7 nitrogen and oxygen atoms in total. The lowest BCUT2D eigenvalue weighted by Crippen LogP contribution is -2.46. The molecule has 3 aromatic carbocycles. The SMILES string of the molecule is COc1ccc(OC)c(C(C)NC(=O)C2CCCN(C(=O)c3ccc(OC)c4ccccc34)C2)c1. The highest BCUT2D eigenvalue weighted by atomic mass is 16.5. The number of hydrogen-bond donors (Lipinski definition) is 1. The van der Waals surface area contributed by atoms with Crippen molar-refractivity contribution < 1.29 is 23.8 Å². The summed E-state index contributed by atoms with van der Waals surface area (Å²) in [5, 5.41) is 4.85. The maximum atomic E-state index is 13.5. The maximum absolute atomic E-state index is 13.5. The first kappa shape index (κ1) is 24.4. The molecule has 3 aromatic rings. The van der Waals surface area contributed by atoms with E-state index in [4.69, 9.17) is 14.2 Å². The molecule has 0 aliphatic carbocycles. The molecule has 1 fully saturated rings. The van der Waals surface area contributed by atoms with Gasteiger partial charge in [0.1, 0.15) is 17.2 Å². The largest absolute Gasteiger partial charge is 0.497 e. The van der Waals surface area contributed by atoms with Crippen LogP contribution in [0.15, 0.2) is 54.6 Å². The summed E-state index contributed by atoms with van der Waals surface area (Å²) in [5.74, 6) is 1.70. The van der Waals surface area contributed by atoms with Crippen molar-refractivity contribution in [1.29, 1.82) is 0 Å². The van der Waals surface area contributed by atoms with Crippen molar-refractivity contribution in [1.82, 2.24) is 10.2 Å². The van der Waals surface area contributed by atoms with Crippen molar-refractivity contribution >= 4 is 22.6 Å². The van der Waals surface area contributed by atoms with E-state index in [2.05, 4.69) is 5.32 Å². The topological polar surface area (TPSA) is 77.1 Å². The van der Waals surface area contributed by atoms with Gasteiger partial charge in [-0.3, -0.25) is 9.59 Å². The van der Waals surface area contributed by atoms with Gasteiger partial charge in [0.2, 0.25) is 5.91 Å². The van der Waals surface area contributed by atoms with Crippen LogP contribution in [0, 0.1) is 5.92 Å². The molecule has 7 heteroatoms. The summed E-state index contributed by atoms with van der Waals surface area (Å²) < 4.78 is 16.3. The van der Waals surface area contributed by atoms with E-state index in [0.29, 0.717) is 30.2 Å². The number of ether oxygens (including phenoxy) is 3. The highest BCUT2D eigenvalue weighted by Gasteiger charge is 2.30. The van der Waals surface area contributed by atoms with Crippen molar-refractivity contribution in [3.63, 3.8) is 0 Å². The molecule has 1 aliphatic rings. The number of likely N-dealkylation sites (tertiary alicyclic amines) is 1. The van der Waals surface area contributed by atoms with E-state index in [1.54, 1.807) is 26.2 Å². The second-order valence-corrected chi connectivity index (χ2v) is 8.79. The highest BCUT2D eigenvalue weighted by molar-refractivity contribution is 6.08. The molecule has 1 heterocycles. The number of methoxy groups -OCH3 is 3. The molecule has 0 aromatic heterocycles. The monoisotopic (exact) mass is 476 g/mol. The molecule has 0 saturated carbocycles. The van der Waals surface area contributed by atoms with E-state index in [-0.39, 0.29) is 23.8 Å². The number of hydrogen-bond acceptors (Lipinski definition) is 5. The predicted molar refractivity (Wildman–Crippen MR) is 135 cm³/mol. The zero-order valence-electron chi connectivity index (χ0n) is 20.7. The van der Waals surface area contributed by atoms with Crippen molar-refractivity contribution in [2.24, 2.45) is 5.92 Å². The van der Waals surface area contributed by atoms with Gasteiger partial charge < -0.3 is 24.4 Å². The van der Waals surface area contributed by atoms with Gasteiger partial charge in [0, 0.05) is 29.6 Å². The van der Waals surface area contributed by atoms with E-state index < -0.39 is 0 Å². The predicted octanol–water partition coefficient (Wildman–Crippen LogP) is 4.60. The molecular formula is C28H32N2O5. The summed E-state index contributed by atoms with van der Waals surface area (Å²) in [7, 11) is 4.83. The quantitative estimate of drug-likeness (QED) is 0.540. The Morgan fingerprint density at radius 3 is 2.37 bits per heavy atom. The molecule has 35 heavy (non-hydrogen) atoms. The smallest absolute Gasteiger partial charge is 0.254 e. The van der Waals surface area contributed by atoms with Crippen LogP contribution in [0.2, 0.25) is 0 Å². The van der Waals surface area contributed by atoms with Crippen molar-refractivity contribution in [3.05, 3.63) is 65.7 Å². The molecule has 1 saturated heterocycles. The zero-order valence-corrected chi connectivity index (χ0v) is 20.7. The van der Waals surface area contributed by atoms with Crippen LogP contribution in [0.25, 0.3) is 10.8 Å². The Hall–Kier alpha value is -3.74. The van der Waals surface area contributed by atoms with Crippen LogP contribution in [0.4, 0.5) is 0 Å². The summed E-state index contributed by atoms with van der Waals surface area (Å²) in [6.45, 7) is 2.93. The van der Waals surface area contributed by atoms with Crippen molar-refractivity contribution in [2.75, 3.05) is 34.4 Å². The number of benzene rings is 3. The number of nitrogens with zero attached hydrogens (tertiary/aromatic N) is 1. The third-order valence-corrected chi connectivity index (χ3v) is 6.68. The molecule has 0 bridgehead atoms. The van der Waals surface area contributed by atoms with E-state index in [1.807, 2.05) is 61.5 Å². The Morgan fingerprint density at radius 2 is 1.66 bits per heavy atom. The van der Waals surface area contributed by atoms with Gasteiger partial charge in [0.15, 0.2) is 0 Å². The van der Waals surface area contributed by atoms with Gasteiger partial charge in [-0.05, 0) is 55.5 Å². The molecule has 2 amide bonds. The second kappa shape index (κ2) is 10.7. The average molecular weight is 477 g/mol. The van der Waals surface area contributed by atoms with Crippen LogP contribution in [0.1, 0.15) is 41.7 Å². The summed E-state index contributed by atoms with van der Waals surface area (Å²) in [4.78, 5) is 28.5. The minimum Gasteiger partial charge on any atom is -0.497 e. The fourth-order valence-electron chi connectivity index (χ4n) is 4.77. The minimum atomic E-state index is -0.281. The molecule has 1 N–H and O–H groups in total. The molecule has 0 radical (unpaired) electrons.